The summed E-state index contributed by atoms with van der Waals surface area (Å²) in [6.45, 7) is 1.12. The van der Waals surface area contributed by atoms with Crippen LogP contribution < -0.4 is 14.4 Å². The molecule has 2 heterocycles. The van der Waals surface area contributed by atoms with E-state index in [2.05, 4.69) is 0 Å². The normalized spacial score (nSPS) is 19.1. The van der Waals surface area contributed by atoms with Crippen LogP contribution in [0.1, 0.15) is 27.9 Å². The van der Waals surface area contributed by atoms with Gasteiger partial charge in [-0.1, -0.05) is 41.9 Å². The number of carbonyl (C=O) groups excluding carboxylic acids is 2. The number of Topliss-reactive ketones (excluding diaryl/α,β-unsaturated/α-hetero) is 1. The maximum Gasteiger partial charge on any atom is 0.264 e. The van der Waals surface area contributed by atoms with Crippen LogP contribution in [0.3, 0.4) is 0 Å². The van der Waals surface area contributed by atoms with Crippen LogP contribution >= 0.6 is 11.6 Å². The molecule has 3 aromatic carbocycles. The van der Waals surface area contributed by atoms with Gasteiger partial charge >= 0.3 is 0 Å². The molecule has 162 valence electrons. The van der Waals surface area contributed by atoms with E-state index < -0.39 is 17.9 Å². The molecule has 0 aromatic heterocycles. The molecule has 1 N–H and O–H groups in total. The quantitative estimate of drug-likeness (QED) is 0.593. The third-order valence-corrected chi connectivity index (χ3v) is 5.99. The number of hydrogen-bond acceptors (Lipinski definition) is 5. The van der Waals surface area contributed by atoms with Gasteiger partial charge in [0.05, 0.1) is 18.7 Å². The summed E-state index contributed by atoms with van der Waals surface area (Å²) < 4.78 is 11.1. The van der Waals surface area contributed by atoms with Crippen LogP contribution in [0.25, 0.3) is 0 Å². The lowest BCUT2D eigenvalue weighted by Crippen LogP contribution is -2.41. The van der Waals surface area contributed by atoms with Crippen molar-refractivity contribution in [3.63, 3.8) is 0 Å². The lowest BCUT2D eigenvalue weighted by Gasteiger charge is -2.23. The van der Waals surface area contributed by atoms with E-state index in [-0.39, 0.29) is 12.3 Å². The molecule has 1 atom stereocenters. The molecule has 0 saturated carbocycles. The fraction of sp³-hybridized carbons (Fsp3) is 0.200. The molecule has 0 aliphatic carbocycles. The highest BCUT2D eigenvalue weighted by Gasteiger charge is 2.51. The summed E-state index contributed by atoms with van der Waals surface area (Å²) in [6, 6.07) is 19.2. The molecular weight excluding hydrogens is 430 g/mol. The monoisotopic (exact) mass is 449 g/mol. The Labute approximate surface area is 189 Å². The van der Waals surface area contributed by atoms with Crippen LogP contribution in [0, 0.1) is 0 Å². The van der Waals surface area contributed by atoms with Gasteiger partial charge in [0.1, 0.15) is 13.2 Å². The van der Waals surface area contributed by atoms with E-state index in [0.29, 0.717) is 46.5 Å². The number of rotatable bonds is 5. The molecule has 1 amide bonds. The second-order valence-electron chi connectivity index (χ2n) is 7.86. The number of hydrogen-bond donors (Lipinski definition) is 1. The third-order valence-electron chi connectivity index (χ3n) is 5.76. The standard InChI is InChI=1S/C25H20ClNO5/c26-18-7-8-20-19(13-18)25(30,24(29)27(20)15-16-4-2-1-3-5-16)14-21(28)17-6-9-22-23(12-17)32-11-10-31-22/h1-9,12-13,30H,10-11,14-15H2. The predicted molar refractivity (Wildman–Crippen MR) is 119 cm³/mol. The van der Waals surface area contributed by atoms with Crippen LogP contribution in [0.4, 0.5) is 5.69 Å². The van der Waals surface area contributed by atoms with Crippen molar-refractivity contribution in [2.45, 2.75) is 18.6 Å². The second-order valence-corrected chi connectivity index (χ2v) is 8.29. The summed E-state index contributed by atoms with van der Waals surface area (Å²) in [6.07, 6.45) is -0.413. The maximum absolute atomic E-state index is 13.4. The van der Waals surface area contributed by atoms with Crippen molar-refractivity contribution in [2.75, 3.05) is 18.1 Å². The van der Waals surface area contributed by atoms with E-state index in [1.165, 1.54) is 4.90 Å². The number of ether oxygens (including phenoxy) is 2. The molecule has 3 aromatic rings. The average molecular weight is 450 g/mol. The molecule has 5 rings (SSSR count). The summed E-state index contributed by atoms with van der Waals surface area (Å²) in [5.74, 6) is 0.102. The number of nitrogens with zero attached hydrogens (tertiary/aromatic N) is 1. The van der Waals surface area contributed by atoms with Gasteiger partial charge in [-0.2, -0.15) is 0 Å². The van der Waals surface area contributed by atoms with Crippen molar-refractivity contribution >= 4 is 29.0 Å². The first-order valence-electron chi connectivity index (χ1n) is 10.3. The molecule has 0 fully saturated rings. The fourth-order valence-corrected chi connectivity index (χ4v) is 4.34. The number of benzene rings is 3. The van der Waals surface area contributed by atoms with Gasteiger partial charge in [-0.05, 0) is 42.0 Å². The summed E-state index contributed by atoms with van der Waals surface area (Å²) in [5.41, 5.74) is 0.0987. The van der Waals surface area contributed by atoms with Gasteiger partial charge in [-0.15, -0.1) is 0 Å². The fourth-order valence-electron chi connectivity index (χ4n) is 4.17. The van der Waals surface area contributed by atoms with Gasteiger partial charge in [0.25, 0.3) is 5.91 Å². The highest BCUT2D eigenvalue weighted by molar-refractivity contribution is 6.31. The van der Waals surface area contributed by atoms with Crippen molar-refractivity contribution in [1.29, 1.82) is 0 Å². The minimum absolute atomic E-state index is 0.273. The number of ketones is 1. The number of anilines is 1. The number of fused-ring (bicyclic) bond motifs is 2. The van der Waals surface area contributed by atoms with Gasteiger partial charge < -0.3 is 19.5 Å². The first-order chi connectivity index (χ1) is 15.5. The van der Waals surface area contributed by atoms with Gasteiger partial charge in [0.15, 0.2) is 22.9 Å². The molecule has 0 spiro atoms. The Morgan fingerprint density at radius 3 is 2.53 bits per heavy atom. The highest BCUT2D eigenvalue weighted by Crippen LogP contribution is 2.45. The van der Waals surface area contributed by atoms with Crippen molar-refractivity contribution in [2.24, 2.45) is 0 Å². The predicted octanol–water partition coefficient (Wildman–Crippen LogP) is 4.12. The lowest BCUT2D eigenvalue weighted by molar-refractivity contribution is -0.136. The van der Waals surface area contributed by atoms with Crippen LogP contribution in [0.15, 0.2) is 66.7 Å². The van der Waals surface area contributed by atoms with E-state index in [1.54, 1.807) is 36.4 Å². The number of aliphatic hydroxyl groups is 1. The van der Waals surface area contributed by atoms with Crippen LogP contribution in [0.2, 0.25) is 5.02 Å². The van der Waals surface area contributed by atoms with E-state index in [9.17, 15) is 14.7 Å². The van der Waals surface area contributed by atoms with Gasteiger partial charge in [0.2, 0.25) is 0 Å². The Morgan fingerprint density at radius 1 is 1.00 bits per heavy atom. The van der Waals surface area contributed by atoms with Crippen molar-refractivity contribution in [3.8, 4) is 11.5 Å². The topological polar surface area (TPSA) is 76.1 Å². The van der Waals surface area contributed by atoms with Gasteiger partial charge in [-0.3, -0.25) is 9.59 Å². The van der Waals surface area contributed by atoms with E-state index >= 15 is 0 Å². The molecule has 32 heavy (non-hydrogen) atoms. The number of halogens is 1. The molecule has 6 nitrogen and oxygen atoms in total. The largest absolute Gasteiger partial charge is 0.486 e. The van der Waals surface area contributed by atoms with Crippen molar-refractivity contribution < 1.29 is 24.2 Å². The molecule has 0 bridgehead atoms. The molecular formula is C25H20ClNO5. The van der Waals surface area contributed by atoms with E-state index in [1.807, 2.05) is 30.3 Å². The minimum atomic E-state index is -2.01. The van der Waals surface area contributed by atoms with Crippen molar-refractivity contribution in [1.82, 2.24) is 0 Å². The Hall–Kier alpha value is -3.35. The van der Waals surface area contributed by atoms with E-state index in [4.69, 9.17) is 21.1 Å². The highest BCUT2D eigenvalue weighted by atomic mass is 35.5. The summed E-state index contributed by atoms with van der Waals surface area (Å²) >= 11 is 6.18. The Bertz CT molecular complexity index is 1210. The first-order valence-corrected chi connectivity index (χ1v) is 10.6. The van der Waals surface area contributed by atoms with E-state index in [0.717, 1.165) is 5.56 Å². The molecule has 2 aliphatic rings. The van der Waals surface area contributed by atoms with Gasteiger partial charge in [-0.25, -0.2) is 0 Å². The first kappa shape index (κ1) is 20.5. The molecule has 7 heteroatoms. The Morgan fingerprint density at radius 2 is 1.75 bits per heavy atom. The van der Waals surface area contributed by atoms with Crippen LogP contribution in [-0.4, -0.2) is 30.0 Å². The lowest BCUT2D eigenvalue weighted by atomic mass is 9.88. The van der Waals surface area contributed by atoms with Crippen molar-refractivity contribution in [3.05, 3.63) is 88.4 Å². The number of carbonyl (C=O) groups is 2. The zero-order valence-electron chi connectivity index (χ0n) is 17.1. The van der Waals surface area contributed by atoms with Crippen LogP contribution in [0.5, 0.6) is 11.5 Å². The Balaban J connectivity index is 1.48. The van der Waals surface area contributed by atoms with Crippen LogP contribution in [-0.2, 0) is 16.9 Å². The molecule has 1 unspecified atom stereocenters. The third kappa shape index (κ3) is 3.51. The molecule has 0 saturated heterocycles. The average Bonchev–Trinajstić information content (AvgIpc) is 3.00. The molecule has 2 aliphatic heterocycles. The SMILES string of the molecule is O=C(CC1(O)C(=O)N(Cc2ccccc2)c2ccc(Cl)cc21)c1ccc2c(c1)OCCO2. The number of amides is 1. The smallest absolute Gasteiger partial charge is 0.264 e. The summed E-state index contributed by atoms with van der Waals surface area (Å²) in [4.78, 5) is 28.1. The maximum atomic E-state index is 13.4. The molecule has 0 radical (unpaired) electrons. The zero-order valence-corrected chi connectivity index (χ0v) is 17.8. The van der Waals surface area contributed by atoms with Gasteiger partial charge in [0, 0.05) is 16.1 Å². The second kappa shape index (κ2) is 7.97. The summed E-state index contributed by atoms with van der Waals surface area (Å²) in [5, 5.41) is 11.9. The Kier molecular flexibility index (Phi) is 5.12. The zero-order chi connectivity index (χ0) is 22.3. The summed E-state index contributed by atoms with van der Waals surface area (Å²) in [7, 11) is 0. The minimum Gasteiger partial charge on any atom is -0.486 e.